The molecule has 0 saturated heterocycles. The molecule has 0 aliphatic rings. The van der Waals surface area contributed by atoms with Gasteiger partial charge >= 0.3 is 5.97 Å². The van der Waals surface area contributed by atoms with Crippen LogP contribution in [0.5, 0.6) is 0 Å². The molecule has 0 aliphatic heterocycles. The number of hydrogen-bond acceptors (Lipinski definition) is 4. The van der Waals surface area contributed by atoms with Gasteiger partial charge < -0.3 is 10.4 Å². The van der Waals surface area contributed by atoms with Crippen molar-refractivity contribution in [1.82, 2.24) is 0 Å². The Morgan fingerprint density at radius 2 is 1.59 bits per heavy atom. The van der Waals surface area contributed by atoms with Gasteiger partial charge in [0.2, 0.25) is 0 Å². The fraction of sp³-hybridized carbons (Fsp3) is 0.300. The van der Waals surface area contributed by atoms with Crippen LogP contribution in [0.25, 0.3) is 0 Å². The van der Waals surface area contributed by atoms with Crippen molar-refractivity contribution >= 4 is 27.4 Å². The summed E-state index contributed by atoms with van der Waals surface area (Å²) in [6, 6.07) is 12.9. The molecule has 2 N–H and O–H groups in total. The standard InChI is InChI=1S/C20H23NO5S/c1-13(2)27(25,26)18-7-5-4-6-17(18)19(22)21-16-10-8-15(9-11-16)12-14(3)20(23)24/h4-11,13-14H,12H2,1-3H3,(H,21,22)(H,23,24). The van der Waals surface area contributed by atoms with Gasteiger partial charge in [0.15, 0.2) is 9.84 Å². The van der Waals surface area contributed by atoms with E-state index in [2.05, 4.69) is 5.32 Å². The Morgan fingerprint density at radius 1 is 1.00 bits per heavy atom. The van der Waals surface area contributed by atoms with Crippen LogP contribution in [0.2, 0.25) is 0 Å². The van der Waals surface area contributed by atoms with Crippen LogP contribution in [-0.4, -0.2) is 30.7 Å². The van der Waals surface area contributed by atoms with Gasteiger partial charge in [0.1, 0.15) is 0 Å². The molecule has 2 aromatic carbocycles. The lowest BCUT2D eigenvalue weighted by atomic mass is 10.0. The van der Waals surface area contributed by atoms with E-state index in [0.717, 1.165) is 5.56 Å². The summed E-state index contributed by atoms with van der Waals surface area (Å²) in [4.78, 5) is 23.5. The lowest BCUT2D eigenvalue weighted by Gasteiger charge is -2.13. The van der Waals surface area contributed by atoms with Gasteiger partial charge in [0, 0.05) is 5.69 Å². The van der Waals surface area contributed by atoms with Crippen molar-refractivity contribution in [1.29, 1.82) is 0 Å². The summed E-state index contributed by atoms with van der Waals surface area (Å²) in [5, 5.41) is 11.0. The summed E-state index contributed by atoms with van der Waals surface area (Å²) in [5.41, 5.74) is 1.43. The third-order valence-corrected chi connectivity index (χ3v) is 6.44. The minimum Gasteiger partial charge on any atom is -0.481 e. The molecule has 1 atom stereocenters. The number of carbonyl (C=O) groups is 2. The first-order chi connectivity index (χ1) is 12.6. The second-order valence-electron chi connectivity index (χ2n) is 6.68. The Hall–Kier alpha value is -2.67. The molecular weight excluding hydrogens is 366 g/mol. The van der Waals surface area contributed by atoms with Gasteiger partial charge in [0.25, 0.3) is 5.91 Å². The first kappa shape index (κ1) is 20.6. The lowest BCUT2D eigenvalue weighted by molar-refractivity contribution is -0.141. The SMILES string of the molecule is CC(Cc1ccc(NC(=O)c2ccccc2S(=O)(=O)C(C)C)cc1)C(=O)O. The molecular formula is C20H23NO5S. The minimum atomic E-state index is -3.59. The van der Waals surface area contributed by atoms with E-state index in [1.54, 1.807) is 57.2 Å². The van der Waals surface area contributed by atoms with Crippen molar-refractivity contribution in [2.75, 3.05) is 5.32 Å². The zero-order valence-electron chi connectivity index (χ0n) is 15.5. The Morgan fingerprint density at radius 3 is 2.15 bits per heavy atom. The van der Waals surface area contributed by atoms with E-state index < -0.39 is 32.9 Å². The third kappa shape index (κ3) is 4.95. The second-order valence-corrected chi connectivity index (χ2v) is 9.16. The molecule has 0 aliphatic carbocycles. The van der Waals surface area contributed by atoms with E-state index in [-0.39, 0.29) is 10.5 Å². The van der Waals surface area contributed by atoms with Crippen molar-refractivity contribution in [3.8, 4) is 0 Å². The minimum absolute atomic E-state index is 0.00408. The van der Waals surface area contributed by atoms with Crippen LogP contribution in [0, 0.1) is 5.92 Å². The number of amides is 1. The summed E-state index contributed by atoms with van der Waals surface area (Å²) in [5.74, 6) is -1.88. The monoisotopic (exact) mass is 389 g/mol. The normalized spacial score (nSPS) is 12.6. The van der Waals surface area contributed by atoms with Crippen LogP contribution in [-0.2, 0) is 21.1 Å². The Kier molecular flexibility index (Phi) is 6.38. The topological polar surface area (TPSA) is 101 Å². The number of nitrogens with one attached hydrogen (secondary N) is 1. The van der Waals surface area contributed by atoms with Crippen molar-refractivity contribution in [3.05, 3.63) is 59.7 Å². The summed E-state index contributed by atoms with van der Waals surface area (Å²) in [6.07, 6.45) is 0.388. The summed E-state index contributed by atoms with van der Waals surface area (Å²) in [6.45, 7) is 4.77. The number of hydrogen-bond donors (Lipinski definition) is 2. The average molecular weight is 389 g/mol. The summed E-state index contributed by atoms with van der Waals surface area (Å²) >= 11 is 0. The fourth-order valence-electron chi connectivity index (χ4n) is 2.52. The number of carbonyl (C=O) groups excluding carboxylic acids is 1. The number of carboxylic acid groups (broad SMARTS) is 1. The second kappa shape index (κ2) is 8.35. The van der Waals surface area contributed by atoms with Gasteiger partial charge in [-0.05, 0) is 50.1 Å². The molecule has 27 heavy (non-hydrogen) atoms. The molecule has 0 aromatic heterocycles. The Bertz CT molecular complexity index is 933. The molecule has 0 fully saturated rings. The summed E-state index contributed by atoms with van der Waals surface area (Å²) < 4.78 is 25.0. The quantitative estimate of drug-likeness (QED) is 0.756. The van der Waals surface area contributed by atoms with Crippen LogP contribution in [0.4, 0.5) is 5.69 Å². The highest BCUT2D eigenvalue weighted by Crippen LogP contribution is 2.22. The maximum Gasteiger partial charge on any atom is 0.306 e. The molecule has 0 radical (unpaired) electrons. The number of anilines is 1. The average Bonchev–Trinajstić information content (AvgIpc) is 2.63. The zero-order valence-corrected chi connectivity index (χ0v) is 16.3. The molecule has 2 rings (SSSR count). The fourth-order valence-corrected chi connectivity index (χ4v) is 3.76. The first-order valence-electron chi connectivity index (χ1n) is 8.59. The maximum atomic E-state index is 12.6. The van der Waals surface area contributed by atoms with E-state index in [9.17, 15) is 18.0 Å². The van der Waals surface area contributed by atoms with Gasteiger partial charge in [-0.3, -0.25) is 9.59 Å². The van der Waals surface area contributed by atoms with Gasteiger partial charge in [-0.1, -0.05) is 31.2 Å². The predicted octanol–water partition coefficient (Wildman–Crippen LogP) is 3.38. The van der Waals surface area contributed by atoms with Crippen LogP contribution in [0.15, 0.2) is 53.4 Å². The van der Waals surface area contributed by atoms with Gasteiger partial charge in [-0.25, -0.2) is 8.42 Å². The first-order valence-corrected chi connectivity index (χ1v) is 10.1. The number of sulfone groups is 1. The van der Waals surface area contributed by atoms with Crippen LogP contribution in [0.3, 0.4) is 0 Å². The van der Waals surface area contributed by atoms with Crippen LogP contribution in [0.1, 0.15) is 36.7 Å². The predicted molar refractivity (Wildman–Crippen MR) is 104 cm³/mol. The lowest BCUT2D eigenvalue weighted by Crippen LogP contribution is -2.20. The van der Waals surface area contributed by atoms with E-state index in [1.165, 1.54) is 12.1 Å². The molecule has 0 saturated carbocycles. The number of carboxylic acids is 1. The van der Waals surface area contributed by atoms with Crippen molar-refractivity contribution in [2.24, 2.45) is 5.92 Å². The molecule has 0 bridgehead atoms. The number of benzene rings is 2. The van der Waals surface area contributed by atoms with Crippen molar-refractivity contribution < 1.29 is 23.1 Å². The maximum absolute atomic E-state index is 12.6. The highest BCUT2D eigenvalue weighted by atomic mass is 32.2. The number of rotatable bonds is 7. The highest BCUT2D eigenvalue weighted by molar-refractivity contribution is 7.92. The molecule has 7 heteroatoms. The Labute approximate surface area is 159 Å². The Balaban J connectivity index is 2.20. The van der Waals surface area contributed by atoms with Gasteiger partial charge in [0.05, 0.1) is 21.6 Å². The van der Waals surface area contributed by atoms with E-state index >= 15 is 0 Å². The zero-order chi connectivity index (χ0) is 20.2. The van der Waals surface area contributed by atoms with Gasteiger partial charge in [-0.2, -0.15) is 0 Å². The van der Waals surface area contributed by atoms with Gasteiger partial charge in [-0.15, -0.1) is 0 Å². The van der Waals surface area contributed by atoms with Crippen molar-refractivity contribution in [2.45, 2.75) is 37.3 Å². The van der Waals surface area contributed by atoms with E-state index in [0.29, 0.717) is 12.1 Å². The molecule has 1 unspecified atom stereocenters. The molecule has 0 heterocycles. The van der Waals surface area contributed by atoms with E-state index in [1.807, 2.05) is 0 Å². The van der Waals surface area contributed by atoms with Crippen LogP contribution < -0.4 is 5.32 Å². The van der Waals surface area contributed by atoms with E-state index in [4.69, 9.17) is 5.11 Å². The number of aliphatic carboxylic acids is 1. The smallest absolute Gasteiger partial charge is 0.306 e. The van der Waals surface area contributed by atoms with Crippen molar-refractivity contribution in [3.63, 3.8) is 0 Å². The molecule has 6 nitrogen and oxygen atoms in total. The molecule has 1 amide bonds. The molecule has 0 spiro atoms. The highest BCUT2D eigenvalue weighted by Gasteiger charge is 2.25. The van der Waals surface area contributed by atoms with Crippen LogP contribution >= 0.6 is 0 Å². The summed E-state index contributed by atoms with van der Waals surface area (Å²) in [7, 11) is -3.59. The largest absolute Gasteiger partial charge is 0.481 e. The molecule has 144 valence electrons. The third-order valence-electron chi connectivity index (χ3n) is 4.23. The molecule has 2 aromatic rings.